The first kappa shape index (κ1) is 25.1. The van der Waals surface area contributed by atoms with Gasteiger partial charge < -0.3 is 10.2 Å². The first-order valence-corrected chi connectivity index (χ1v) is 12.6. The van der Waals surface area contributed by atoms with Crippen LogP contribution in [0.2, 0.25) is 5.02 Å². The third-order valence-electron chi connectivity index (χ3n) is 6.93. The third kappa shape index (κ3) is 5.58. The number of likely N-dealkylation sites (tertiary alicyclic amines) is 1. The highest BCUT2D eigenvalue weighted by atomic mass is 35.5. The van der Waals surface area contributed by atoms with Gasteiger partial charge in [0.2, 0.25) is 0 Å². The average Bonchev–Trinajstić information content (AvgIpc) is 3.46. The molecule has 3 aromatic carbocycles. The molecule has 2 aliphatic rings. The van der Waals surface area contributed by atoms with Crippen LogP contribution in [-0.4, -0.2) is 47.8 Å². The van der Waals surface area contributed by atoms with Crippen LogP contribution >= 0.6 is 11.6 Å². The number of amides is 2. The zero-order valence-corrected chi connectivity index (χ0v) is 20.8. The van der Waals surface area contributed by atoms with Crippen LogP contribution in [0.4, 0.5) is 8.78 Å². The fraction of sp³-hybridized carbons (Fsp3) is 0.241. The van der Waals surface area contributed by atoms with E-state index in [1.54, 1.807) is 4.90 Å². The molecule has 5 nitrogen and oxygen atoms in total. The lowest BCUT2D eigenvalue weighted by molar-refractivity contribution is 0.0816. The van der Waals surface area contributed by atoms with Crippen LogP contribution in [-0.2, 0) is 0 Å². The van der Waals surface area contributed by atoms with Gasteiger partial charge in [0.1, 0.15) is 11.6 Å². The van der Waals surface area contributed by atoms with Gasteiger partial charge in [-0.1, -0.05) is 48.0 Å². The van der Waals surface area contributed by atoms with E-state index in [0.29, 0.717) is 25.1 Å². The van der Waals surface area contributed by atoms with E-state index in [1.807, 2.05) is 36.5 Å². The van der Waals surface area contributed by atoms with E-state index >= 15 is 0 Å². The van der Waals surface area contributed by atoms with Crippen molar-refractivity contribution in [3.8, 4) is 0 Å². The number of carbonyl (C=O) groups is 2. The monoisotopic (exact) mass is 521 g/mol. The zero-order chi connectivity index (χ0) is 25.9. The Hall–Kier alpha value is -3.55. The van der Waals surface area contributed by atoms with Crippen molar-refractivity contribution in [3.05, 3.63) is 118 Å². The van der Waals surface area contributed by atoms with Gasteiger partial charge >= 0.3 is 0 Å². The number of nitrogens with one attached hydrogen (secondary N) is 1. The van der Waals surface area contributed by atoms with Crippen molar-refractivity contribution in [1.29, 1.82) is 0 Å². The number of halogens is 3. The first-order chi connectivity index (χ1) is 17.9. The van der Waals surface area contributed by atoms with Gasteiger partial charge in [-0.15, -0.1) is 0 Å². The van der Waals surface area contributed by atoms with Crippen LogP contribution in [0.5, 0.6) is 0 Å². The predicted molar refractivity (Wildman–Crippen MR) is 138 cm³/mol. The van der Waals surface area contributed by atoms with Crippen molar-refractivity contribution in [2.75, 3.05) is 26.2 Å². The molecule has 0 aliphatic carbocycles. The molecule has 0 saturated carbocycles. The fourth-order valence-electron chi connectivity index (χ4n) is 5.01. The van der Waals surface area contributed by atoms with Gasteiger partial charge in [-0.05, 0) is 54.0 Å². The molecule has 2 amide bonds. The highest BCUT2D eigenvalue weighted by molar-refractivity contribution is 6.33. The van der Waals surface area contributed by atoms with Crippen LogP contribution in [0.25, 0.3) is 0 Å². The van der Waals surface area contributed by atoms with Gasteiger partial charge in [-0.25, -0.2) is 8.78 Å². The van der Waals surface area contributed by atoms with Gasteiger partial charge in [0.25, 0.3) is 11.8 Å². The van der Waals surface area contributed by atoms with Gasteiger partial charge in [0.05, 0.1) is 16.6 Å². The van der Waals surface area contributed by atoms with E-state index in [4.69, 9.17) is 11.6 Å². The Bertz CT molecular complexity index is 1310. The minimum Gasteiger partial charge on any atom is -0.345 e. The molecule has 5 rings (SSSR count). The van der Waals surface area contributed by atoms with Crippen LogP contribution in [0.3, 0.4) is 0 Å². The van der Waals surface area contributed by atoms with Gasteiger partial charge in [-0.3, -0.25) is 14.5 Å². The summed E-state index contributed by atoms with van der Waals surface area (Å²) < 4.78 is 27.5. The highest BCUT2D eigenvalue weighted by Gasteiger charge is 2.36. The Balaban J connectivity index is 1.22. The van der Waals surface area contributed by atoms with Gasteiger partial charge in [0, 0.05) is 43.9 Å². The zero-order valence-electron chi connectivity index (χ0n) is 20.0. The number of hydrogen-bond acceptors (Lipinski definition) is 3. The van der Waals surface area contributed by atoms with E-state index in [0.717, 1.165) is 24.2 Å². The highest BCUT2D eigenvalue weighted by Crippen LogP contribution is 2.32. The van der Waals surface area contributed by atoms with Crippen LogP contribution in [0.15, 0.2) is 84.6 Å². The summed E-state index contributed by atoms with van der Waals surface area (Å²) in [5, 5.41) is 3.20. The molecule has 190 valence electrons. The van der Waals surface area contributed by atoms with Crippen LogP contribution < -0.4 is 5.32 Å². The standard InChI is InChI=1S/C29H26ClF2N3O2/c30-24-7-4-8-25(32)27(24)29(37)35-17-21-15-34(16-22(21)18-35)14-13-26(19-5-2-1-3-6-19)33-28(36)20-9-11-23(31)12-10-20/h1-12,17,22,26H,13-16,18H2,(H,33,36)/t22?,26-/m0/s1. The van der Waals surface area contributed by atoms with Gasteiger partial charge in [0.15, 0.2) is 0 Å². The number of rotatable bonds is 7. The molecule has 1 saturated heterocycles. The Morgan fingerprint density at radius 1 is 0.973 bits per heavy atom. The summed E-state index contributed by atoms with van der Waals surface area (Å²) in [7, 11) is 0. The molecule has 0 aromatic heterocycles. The summed E-state index contributed by atoms with van der Waals surface area (Å²) in [5.41, 5.74) is 2.44. The number of fused-ring (bicyclic) bond motifs is 1. The maximum absolute atomic E-state index is 14.2. The molecule has 1 fully saturated rings. The molecular weight excluding hydrogens is 496 g/mol. The molecule has 8 heteroatoms. The molecule has 0 radical (unpaired) electrons. The molecule has 3 aromatic rings. The van der Waals surface area contributed by atoms with Crippen LogP contribution in [0, 0.1) is 17.6 Å². The summed E-state index contributed by atoms with van der Waals surface area (Å²) in [6.07, 6.45) is 2.51. The maximum atomic E-state index is 14.2. The van der Waals surface area contributed by atoms with E-state index in [2.05, 4.69) is 10.2 Å². The topological polar surface area (TPSA) is 52.7 Å². The van der Waals surface area contributed by atoms with Gasteiger partial charge in [-0.2, -0.15) is 0 Å². The molecular formula is C29H26ClF2N3O2. The number of hydrogen-bond donors (Lipinski definition) is 1. The van der Waals surface area contributed by atoms with E-state index in [1.165, 1.54) is 42.5 Å². The van der Waals surface area contributed by atoms with E-state index in [-0.39, 0.29) is 34.3 Å². The summed E-state index contributed by atoms with van der Waals surface area (Å²) in [4.78, 5) is 29.6. The Morgan fingerprint density at radius 3 is 2.43 bits per heavy atom. The third-order valence-corrected chi connectivity index (χ3v) is 7.25. The Kier molecular flexibility index (Phi) is 7.35. The van der Waals surface area contributed by atoms with Crippen LogP contribution in [0.1, 0.15) is 38.7 Å². The number of benzene rings is 3. The fourth-order valence-corrected chi connectivity index (χ4v) is 5.26. The summed E-state index contributed by atoms with van der Waals surface area (Å²) in [6, 6.07) is 19.3. The lowest BCUT2D eigenvalue weighted by atomic mass is 10.0. The lowest BCUT2D eigenvalue weighted by Gasteiger charge is -2.24. The Morgan fingerprint density at radius 2 is 1.73 bits per heavy atom. The normalized spacial score (nSPS) is 17.9. The van der Waals surface area contributed by atoms with Crippen molar-refractivity contribution >= 4 is 23.4 Å². The molecule has 0 spiro atoms. The largest absolute Gasteiger partial charge is 0.345 e. The first-order valence-electron chi connectivity index (χ1n) is 12.2. The average molecular weight is 522 g/mol. The molecule has 2 heterocycles. The maximum Gasteiger partial charge on any atom is 0.262 e. The van der Waals surface area contributed by atoms with E-state index < -0.39 is 11.7 Å². The molecule has 2 aliphatic heterocycles. The molecule has 1 unspecified atom stereocenters. The summed E-state index contributed by atoms with van der Waals surface area (Å²) in [5.74, 6) is -1.51. The molecule has 2 atom stereocenters. The molecule has 1 N–H and O–H groups in total. The van der Waals surface area contributed by atoms with Crippen molar-refractivity contribution in [3.63, 3.8) is 0 Å². The van der Waals surface area contributed by atoms with Crippen molar-refractivity contribution in [1.82, 2.24) is 15.1 Å². The minimum atomic E-state index is -0.621. The SMILES string of the molecule is O=C(N[C@@H](CCN1CC2=CN(C(=O)c3c(F)cccc3Cl)CC2C1)c1ccccc1)c1ccc(F)cc1. The lowest BCUT2D eigenvalue weighted by Crippen LogP contribution is -2.33. The second-order valence-electron chi connectivity index (χ2n) is 9.42. The minimum absolute atomic E-state index is 0.0968. The second kappa shape index (κ2) is 10.8. The summed E-state index contributed by atoms with van der Waals surface area (Å²) >= 11 is 6.09. The smallest absolute Gasteiger partial charge is 0.262 e. The second-order valence-corrected chi connectivity index (χ2v) is 9.83. The molecule has 37 heavy (non-hydrogen) atoms. The van der Waals surface area contributed by atoms with Crippen molar-refractivity contribution in [2.45, 2.75) is 12.5 Å². The summed E-state index contributed by atoms with van der Waals surface area (Å²) in [6.45, 7) is 2.70. The van der Waals surface area contributed by atoms with E-state index in [9.17, 15) is 18.4 Å². The predicted octanol–water partition coefficient (Wildman–Crippen LogP) is 5.45. The quantitative estimate of drug-likeness (QED) is 0.450. The van der Waals surface area contributed by atoms with Crippen molar-refractivity contribution in [2.24, 2.45) is 5.92 Å². The van der Waals surface area contributed by atoms with Crippen molar-refractivity contribution < 1.29 is 18.4 Å². The number of nitrogens with zero attached hydrogens (tertiary/aromatic N) is 2. The Labute approximate surface area is 219 Å². The molecule has 0 bridgehead atoms. The number of carbonyl (C=O) groups excluding carboxylic acids is 2.